The maximum absolute atomic E-state index is 10.4. The van der Waals surface area contributed by atoms with Gasteiger partial charge in [0.2, 0.25) is 0 Å². The number of aliphatic hydroxyl groups is 1. The molecule has 0 aromatic carbocycles. The van der Waals surface area contributed by atoms with E-state index in [1.165, 1.54) is 51.4 Å². The van der Waals surface area contributed by atoms with Crippen LogP contribution < -0.4 is 0 Å². The van der Waals surface area contributed by atoms with Crippen molar-refractivity contribution in [2.75, 3.05) is 0 Å². The normalized spacial score (nSPS) is 41.9. The molecule has 0 aliphatic heterocycles. The minimum atomic E-state index is -1.84. The molecule has 0 saturated heterocycles. The van der Waals surface area contributed by atoms with E-state index in [4.69, 9.17) is 4.43 Å². The van der Waals surface area contributed by atoms with Gasteiger partial charge >= 0.3 is 0 Å². The Morgan fingerprint density at radius 2 is 1.75 bits per heavy atom. The second-order valence-electron chi connectivity index (χ2n) is 16.2. The van der Waals surface area contributed by atoms with Gasteiger partial charge in [0.25, 0.3) is 0 Å². The standard InChI is InChI=1S/C33H60O2Si/c1-22(2)12-11-13-23(3)30-29(35-36(9,10)31(4,5)6)21-28-26-15-14-24-20-25(34)16-18-32(24,7)27(26)17-19-33(28,30)8/h14,22-23,25-30,34H,11-13,15-21H2,1-10H3/t23-,25?,26-,27+,28+,29?,30+,32+,33+/m1/s1. The number of aliphatic hydroxyl groups excluding tert-OH is 1. The first kappa shape index (κ1) is 28.9. The van der Waals surface area contributed by atoms with Crippen LogP contribution in [0.15, 0.2) is 11.6 Å². The van der Waals surface area contributed by atoms with Crippen molar-refractivity contribution in [2.24, 2.45) is 46.3 Å². The third-order valence-electron chi connectivity index (χ3n) is 12.5. The zero-order valence-corrected chi connectivity index (χ0v) is 26.6. The molecule has 208 valence electrons. The number of allylic oxidation sites excluding steroid dienone is 1. The van der Waals surface area contributed by atoms with E-state index in [1.807, 2.05) is 0 Å². The minimum Gasteiger partial charge on any atom is -0.414 e. The van der Waals surface area contributed by atoms with Gasteiger partial charge in [-0.25, -0.2) is 0 Å². The highest BCUT2D eigenvalue weighted by atomic mass is 28.4. The molecule has 3 saturated carbocycles. The van der Waals surface area contributed by atoms with E-state index in [9.17, 15) is 5.11 Å². The highest BCUT2D eigenvalue weighted by Gasteiger charge is 2.62. The first-order chi connectivity index (χ1) is 16.6. The van der Waals surface area contributed by atoms with Crippen LogP contribution in [-0.2, 0) is 4.43 Å². The average molecular weight is 517 g/mol. The molecular weight excluding hydrogens is 456 g/mol. The van der Waals surface area contributed by atoms with E-state index in [2.05, 4.69) is 74.6 Å². The summed E-state index contributed by atoms with van der Waals surface area (Å²) in [7, 11) is -1.84. The summed E-state index contributed by atoms with van der Waals surface area (Å²) >= 11 is 0. The molecule has 0 amide bonds. The molecule has 0 radical (unpaired) electrons. The Hall–Kier alpha value is -0.123. The van der Waals surface area contributed by atoms with Crippen molar-refractivity contribution < 1.29 is 9.53 Å². The van der Waals surface area contributed by atoms with E-state index in [1.54, 1.807) is 5.57 Å². The van der Waals surface area contributed by atoms with Gasteiger partial charge in [0.05, 0.1) is 6.10 Å². The van der Waals surface area contributed by atoms with Crippen molar-refractivity contribution in [3.8, 4) is 0 Å². The van der Waals surface area contributed by atoms with Crippen LogP contribution in [0.2, 0.25) is 18.1 Å². The number of hydrogen-bond acceptors (Lipinski definition) is 2. The maximum Gasteiger partial charge on any atom is 0.192 e. The lowest BCUT2D eigenvalue weighted by atomic mass is 9.47. The molecule has 0 spiro atoms. The average Bonchev–Trinajstić information content (AvgIpc) is 3.04. The van der Waals surface area contributed by atoms with Crippen LogP contribution in [0, 0.1) is 46.3 Å². The third-order valence-corrected chi connectivity index (χ3v) is 17.0. The lowest BCUT2D eigenvalue weighted by Gasteiger charge is -2.58. The molecule has 9 atom stereocenters. The molecule has 4 rings (SSSR count). The quantitative estimate of drug-likeness (QED) is 0.270. The van der Waals surface area contributed by atoms with E-state index < -0.39 is 8.32 Å². The zero-order valence-electron chi connectivity index (χ0n) is 25.6. The van der Waals surface area contributed by atoms with Gasteiger partial charge in [0, 0.05) is 6.10 Å². The molecule has 4 aliphatic rings. The van der Waals surface area contributed by atoms with Crippen molar-refractivity contribution in [1.29, 1.82) is 0 Å². The fraction of sp³-hybridized carbons (Fsp3) is 0.939. The summed E-state index contributed by atoms with van der Waals surface area (Å²) in [6, 6.07) is 0. The third kappa shape index (κ3) is 5.08. The SMILES string of the molecule is CC(C)CCC[C@@H](C)[C@H]1C(O[Si](C)(C)C(C)(C)C)C[C@H]2[C@@H]3CC=C4CC(O)CC[C@]4(C)[C@H]3CC[C@]12C. The van der Waals surface area contributed by atoms with Gasteiger partial charge in [0.15, 0.2) is 8.32 Å². The molecule has 2 unspecified atom stereocenters. The predicted octanol–water partition coefficient (Wildman–Crippen LogP) is 9.39. The van der Waals surface area contributed by atoms with E-state index >= 15 is 0 Å². The lowest BCUT2D eigenvalue weighted by Crippen LogP contribution is -2.51. The summed E-state index contributed by atoms with van der Waals surface area (Å²) in [5, 5.41) is 10.7. The van der Waals surface area contributed by atoms with E-state index in [-0.39, 0.29) is 11.1 Å². The lowest BCUT2D eigenvalue weighted by molar-refractivity contribution is -0.0614. The second-order valence-corrected chi connectivity index (χ2v) is 20.9. The molecule has 0 aromatic rings. The van der Waals surface area contributed by atoms with Crippen LogP contribution in [0.4, 0.5) is 0 Å². The minimum absolute atomic E-state index is 0.111. The summed E-state index contributed by atoms with van der Waals surface area (Å²) in [4.78, 5) is 0. The molecule has 3 fully saturated rings. The first-order valence-electron chi connectivity index (χ1n) is 15.7. The molecule has 3 heteroatoms. The van der Waals surface area contributed by atoms with Crippen LogP contribution in [-0.4, -0.2) is 25.6 Å². The van der Waals surface area contributed by atoms with Gasteiger partial charge in [-0.3, -0.25) is 0 Å². The van der Waals surface area contributed by atoms with Gasteiger partial charge in [-0.15, -0.1) is 0 Å². The maximum atomic E-state index is 10.4. The second kappa shape index (κ2) is 10.1. The number of fused-ring (bicyclic) bond motifs is 5. The molecule has 1 N–H and O–H groups in total. The molecule has 4 aliphatic carbocycles. The first-order valence-corrected chi connectivity index (χ1v) is 18.6. The predicted molar refractivity (Wildman–Crippen MR) is 157 cm³/mol. The topological polar surface area (TPSA) is 29.5 Å². The monoisotopic (exact) mass is 516 g/mol. The molecule has 2 nitrogen and oxygen atoms in total. The fourth-order valence-electron chi connectivity index (χ4n) is 9.39. The summed E-state index contributed by atoms with van der Waals surface area (Å²) in [6.07, 6.45) is 15.4. The highest BCUT2D eigenvalue weighted by molar-refractivity contribution is 6.74. The Kier molecular flexibility index (Phi) is 8.12. The summed E-state index contributed by atoms with van der Waals surface area (Å²) in [5.41, 5.74) is 2.32. The molecule has 0 aromatic heterocycles. The van der Waals surface area contributed by atoms with Crippen molar-refractivity contribution in [3.05, 3.63) is 11.6 Å². The Morgan fingerprint density at radius 3 is 2.39 bits per heavy atom. The highest BCUT2D eigenvalue weighted by Crippen LogP contribution is 2.68. The van der Waals surface area contributed by atoms with E-state index in [0.29, 0.717) is 22.9 Å². The van der Waals surface area contributed by atoms with Crippen LogP contribution >= 0.6 is 0 Å². The van der Waals surface area contributed by atoms with Crippen molar-refractivity contribution in [1.82, 2.24) is 0 Å². The van der Waals surface area contributed by atoms with Crippen molar-refractivity contribution in [3.63, 3.8) is 0 Å². The smallest absolute Gasteiger partial charge is 0.192 e. The Bertz CT molecular complexity index is 809. The summed E-state index contributed by atoms with van der Waals surface area (Å²) in [5.74, 6) is 4.61. The van der Waals surface area contributed by atoms with Crippen LogP contribution in [0.5, 0.6) is 0 Å². The van der Waals surface area contributed by atoms with Gasteiger partial charge in [-0.2, -0.15) is 0 Å². The molecule has 0 bridgehead atoms. The van der Waals surface area contributed by atoms with Crippen LogP contribution in [0.3, 0.4) is 0 Å². The fourth-order valence-corrected chi connectivity index (χ4v) is 10.7. The van der Waals surface area contributed by atoms with Crippen LogP contribution in [0.1, 0.15) is 120 Å². The van der Waals surface area contributed by atoms with Crippen molar-refractivity contribution >= 4 is 8.32 Å². The van der Waals surface area contributed by atoms with E-state index in [0.717, 1.165) is 42.4 Å². The molecule has 0 heterocycles. The largest absolute Gasteiger partial charge is 0.414 e. The molecular formula is C33H60O2Si. The van der Waals surface area contributed by atoms with Crippen molar-refractivity contribution in [2.45, 2.75) is 150 Å². The van der Waals surface area contributed by atoms with Gasteiger partial charge in [0.1, 0.15) is 0 Å². The molecule has 36 heavy (non-hydrogen) atoms. The summed E-state index contributed by atoms with van der Waals surface area (Å²) in [6.45, 7) is 24.8. The van der Waals surface area contributed by atoms with Crippen LogP contribution in [0.25, 0.3) is 0 Å². The van der Waals surface area contributed by atoms with Gasteiger partial charge < -0.3 is 9.53 Å². The van der Waals surface area contributed by atoms with Gasteiger partial charge in [-0.05, 0) is 109 Å². The zero-order chi connectivity index (χ0) is 26.7. The Morgan fingerprint density at radius 1 is 1.06 bits per heavy atom. The Labute approximate surface area is 225 Å². The number of rotatable bonds is 7. The number of hydrogen-bond donors (Lipinski definition) is 1. The Balaban J connectivity index is 1.64. The summed E-state index contributed by atoms with van der Waals surface area (Å²) < 4.78 is 7.40. The van der Waals surface area contributed by atoms with Gasteiger partial charge in [-0.1, -0.05) is 86.3 Å².